The van der Waals surface area contributed by atoms with Crippen LogP contribution in [0.2, 0.25) is 0 Å². The topological polar surface area (TPSA) is 77.5 Å². The lowest BCUT2D eigenvalue weighted by atomic mass is 10.0. The smallest absolute Gasteiger partial charge is 0.255 e. The Kier molecular flexibility index (Phi) is 4.92. The standard InChI is InChI=1S/C27H31N7OS/c1-4-34-25(35)20-9-21(36-24(20)27(34)7-8-27)23-16(2)10-29-26(31-23)30-22-6-5-19(11-28-22)33-14-17-12-32(3)13-18(17)15-33/h5-6,9-11,17-18H,4,7-8,12-15H2,1-3H3,(H,28,29,30,31)/t17-,18+. The van der Waals surface area contributed by atoms with Crippen LogP contribution in [0.5, 0.6) is 0 Å². The molecule has 3 aliphatic heterocycles. The first-order valence-electron chi connectivity index (χ1n) is 12.9. The number of thiophene rings is 1. The molecular formula is C27H31N7OS. The van der Waals surface area contributed by atoms with Crippen LogP contribution in [0.1, 0.15) is 40.6 Å². The number of aryl methyl sites for hydroxylation is 1. The van der Waals surface area contributed by atoms with Crippen molar-refractivity contribution < 1.29 is 4.79 Å². The molecule has 1 saturated carbocycles. The molecule has 2 saturated heterocycles. The second kappa shape index (κ2) is 7.98. The summed E-state index contributed by atoms with van der Waals surface area (Å²) in [6.07, 6.45) is 5.92. The molecule has 3 fully saturated rings. The van der Waals surface area contributed by atoms with E-state index in [-0.39, 0.29) is 11.4 Å². The maximum atomic E-state index is 13.0. The van der Waals surface area contributed by atoms with Gasteiger partial charge in [-0.25, -0.2) is 15.0 Å². The molecular weight excluding hydrogens is 470 g/mol. The molecule has 0 radical (unpaired) electrons. The number of amides is 1. The number of rotatable bonds is 5. The van der Waals surface area contributed by atoms with Crippen LogP contribution in [-0.2, 0) is 5.54 Å². The molecule has 186 valence electrons. The van der Waals surface area contributed by atoms with E-state index in [0.717, 1.165) is 71.8 Å². The SMILES string of the molecule is CCN1C(=O)c2cc(-c3nc(Nc4ccc(N5C[C@H]6CN(C)C[C@H]6C5)cn4)ncc3C)sc2C12CC2. The zero-order chi connectivity index (χ0) is 24.6. The number of carbonyl (C=O) groups excluding carboxylic acids is 1. The summed E-state index contributed by atoms with van der Waals surface area (Å²) in [6.45, 7) is 9.46. The van der Waals surface area contributed by atoms with Gasteiger partial charge in [-0.3, -0.25) is 4.79 Å². The maximum Gasteiger partial charge on any atom is 0.255 e. The first-order valence-corrected chi connectivity index (χ1v) is 13.7. The van der Waals surface area contributed by atoms with Crippen molar-refractivity contribution in [2.75, 3.05) is 50.0 Å². The monoisotopic (exact) mass is 501 g/mol. The van der Waals surface area contributed by atoms with Gasteiger partial charge in [0.2, 0.25) is 5.95 Å². The number of aromatic nitrogens is 3. The highest BCUT2D eigenvalue weighted by molar-refractivity contribution is 7.16. The van der Waals surface area contributed by atoms with Crippen molar-refractivity contribution in [3.05, 3.63) is 46.6 Å². The van der Waals surface area contributed by atoms with Crippen LogP contribution in [0.25, 0.3) is 10.6 Å². The van der Waals surface area contributed by atoms with Crippen molar-refractivity contribution in [2.45, 2.75) is 32.2 Å². The Labute approximate surface area is 215 Å². The van der Waals surface area contributed by atoms with Gasteiger partial charge in [-0.2, -0.15) is 0 Å². The van der Waals surface area contributed by atoms with Crippen molar-refractivity contribution >= 4 is 34.7 Å². The molecule has 3 aromatic heterocycles. The Hall–Kier alpha value is -3.04. The number of anilines is 3. The fraction of sp³-hybridized carbons (Fsp3) is 0.481. The van der Waals surface area contributed by atoms with Gasteiger partial charge in [0, 0.05) is 43.8 Å². The van der Waals surface area contributed by atoms with Gasteiger partial charge in [0.15, 0.2) is 0 Å². The molecule has 3 aromatic rings. The van der Waals surface area contributed by atoms with E-state index in [2.05, 4.69) is 45.1 Å². The average molecular weight is 502 g/mol. The van der Waals surface area contributed by atoms with Crippen molar-refractivity contribution in [3.8, 4) is 10.6 Å². The molecule has 7 rings (SSSR count). The minimum Gasteiger partial charge on any atom is -0.370 e. The summed E-state index contributed by atoms with van der Waals surface area (Å²) in [5.41, 5.74) is 3.86. The highest BCUT2D eigenvalue weighted by Gasteiger charge is 2.58. The fourth-order valence-electron chi connectivity index (χ4n) is 6.49. The van der Waals surface area contributed by atoms with Gasteiger partial charge in [-0.05, 0) is 69.3 Å². The van der Waals surface area contributed by atoms with Crippen molar-refractivity contribution in [2.24, 2.45) is 11.8 Å². The first kappa shape index (κ1) is 22.2. The third kappa shape index (κ3) is 3.36. The summed E-state index contributed by atoms with van der Waals surface area (Å²) in [7, 11) is 2.22. The Bertz CT molecular complexity index is 1330. The van der Waals surface area contributed by atoms with E-state index in [0.29, 0.717) is 5.95 Å². The van der Waals surface area contributed by atoms with Gasteiger partial charge in [0.05, 0.1) is 33.6 Å². The zero-order valence-corrected chi connectivity index (χ0v) is 21.8. The maximum absolute atomic E-state index is 13.0. The molecule has 4 aliphatic rings. The van der Waals surface area contributed by atoms with E-state index in [4.69, 9.17) is 4.98 Å². The second-order valence-electron chi connectivity index (χ2n) is 10.8. The fourth-order valence-corrected chi connectivity index (χ4v) is 7.95. The minimum atomic E-state index is -0.0539. The van der Waals surface area contributed by atoms with Crippen molar-refractivity contribution in [3.63, 3.8) is 0 Å². The molecule has 36 heavy (non-hydrogen) atoms. The van der Waals surface area contributed by atoms with Crippen LogP contribution in [0.4, 0.5) is 17.5 Å². The number of nitrogens with zero attached hydrogens (tertiary/aromatic N) is 6. The van der Waals surface area contributed by atoms with E-state index < -0.39 is 0 Å². The van der Waals surface area contributed by atoms with Crippen LogP contribution in [0.15, 0.2) is 30.6 Å². The predicted octanol–water partition coefficient (Wildman–Crippen LogP) is 4.11. The van der Waals surface area contributed by atoms with Crippen LogP contribution in [0, 0.1) is 18.8 Å². The molecule has 6 heterocycles. The number of hydrogen-bond acceptors (Lipinski definition) is 8. The Morgan fingerprint density at radius 1 is 1.11 bits per heavy atom. The first-order chi connectivity index (χ1) is 17.4. The van der Waals surface area contributed by atoms with Gasteiger partial charge in [0.1, 0.15) is 5.82 Å². The quantitative estimate of drug-likeness (QED) is 0.564. The van der Waals surface area contributed by atoms with E-state index in [1.807, 2.05) is 36.4 Å². The summed E-state index contributed by atoms with van der Waals surface area (Å²) in [6, 6.07) is 6.18. The molecule has 9 heteroatoms. The molecule has 1 aliphatic carbocycles. The number of carbonyl (C=O) groups is 1. The van der Waals surface area contributed by atoms with E-state index >= 15 is 0 Å². The van der Waals surface area contributed by atoms with E-state index in [9.17, 15) is 4.79 Å². The van der Waals surface area contributed by atoms with Crippen molar-refractivity contribution in [1.29, 1.82) is 0 Å². The summed E-state index contributed by atoms with van der Waals surface area (Å²) < 4.78 is 0. The minimum absolute atomic E-state index is 0.0539. The van der Waals surface area contributed by atoms with Gasteiger partial charge in [0.25, 0.3) is 5.91 Å². The summed E-state index contributed by atoms with van der Waals surface area (Å²) in [5, 5.41) is 3.28. The molecule has 8 nitrogen and oxygen atoms in total. The lowest BCUT2D eigenvalue weighted by Crippen LogP contribution is -2.33. The van der Waals surface area contributed by atoms with Gasteiger partial charge in [-0.15, -0.1) is 11.3 Å². The molecule has 1 spiro atoms. The summed E-state index contributed by atoms with van der Waals surface area (Å²) in [5.74, 6) is 2.94. The van der Waals surface area contributed by atoms with Crippen LogP contribution in [-0.4, -0.2) is 70.4 Å². The van der Waals surface area contributed by atoms with Gasteiger partial charge >= 0.3 is 0 Å². The molecule has 0 aromatic carbocycles. The summed E-state index contributed by atoms with van der Waals surface area (Å²) in [4.78, 5) is 36.2. The third-order valence-electron chi connectivity index (χ3n) is 8.41. The molecule has 0 unspecified atom stereocenters. The third-order valence-corrected chi connectivity index (χ3v) is 9.75. The number of fused-ring (bicyclic) bond motifs is 3. The van der Waals surface area contributed by atoms with Crippen LogP contribution >= 0.6 is 11.3 Å². The summed E-state index contributed by atoms with van der Waals surface area (Å²) >= 11 is 1.71. The zero-order valence-electron chi connectivity index (χ0n) is 21.0. The van der Waals surface area contributed by atoms with Crippen LogP contribution < -0.4 is 10.2 Å². The second-order valence-corrected chi connectivity index (χ2v) is 11.9. The molecule has 1 N–H and O–H groups in total. The van der Waals surface area contributed by atoms with Gasteiger partial charge < -0.3 is 20.0 Å². The lowest BCUT2D eigenvalue weighted by molar-refractivity contribution is 0.0714. The highest BCUT2D eigenvalue weighted by atomic mass is 32.1. The lowest BCUT2D eigenvalue weighted by Gasteiger charge is -2.23. The molecule has 2 atom stereocenters. The number of likely N-dealkylation sites (tertiary alicyclic amines) is 1. The Morgan fingerprint density at radius 3 is 2.56 bits per heavy atom. The van der Waals surface area contributed by atoms with E-state index in [1.54, 1.807) is 11.3 Å². The highest BCUT2D eigenvalue weighted by Crippen LogP contribution is 2.59. The normalized spacial score (nSPS) is 24.0. The van der Waals surface area contributed by atoms with Crippen molar-refractivity contribution in [1.82, 2.24) is 24.8 Å². The Morgan fingerprint density at radius 2 is 1.89 bits per heavy atom. The van der Waals surface area contributed by atoms with Gasteiger partial charge in [-0.1, -0.05) is 0 Å². The Balaban J connectivity index is 1.10. The number of pyridine rings is 1. The number of nitrogens with one attached hydrogen (secondary N) is 1. The largest absolute Gasteiger partial charge is 0.370 e. The average Bonchev–Trinajstić information content (AvgIpc) is 3.12. The predicted molar refractivity (Wildman–Crippen MR) is 142 cm³/mol. The van der Waals surface area contributed by atoms with E-state index in [1.165, 1.54) is 23.7 Å². The molecule has 1 amide bonds. The number of hydrogen-bond donors (Lipinski definition) is 1. The molecule has 0 bridgehead atoms. The van der Waals surface area contributed by atoms with Crippen LogP contribution in [0.3, 0.4) is 0 Å².